The maximum Gasteiger partial charge on any atom is 0.0831 e. The molecule has 1 aliphatic rings. The van der Waals surface area contributed by atoms with Crippen molar-refractivity contribution in [1.82, 2.24) is 4.98 Å². The van der Waals surface area contributed by atoms with E-state index in [1.807, 2.05) is 11.6 Å². The van der Waals surface area contributed by atoms with Crippen LogP contribution in [0.5, 0.6) is 0 Å². The van der Waals surface area contributed by atoms with Crippen molar-refractivity contribution >= 4 is 28.6 Å². The molecule has 1 aliphatic heterocycles. The average molecular weight is 265 g/mol. The van der Waals surface area contributed by atoms with Gasteiger partial charge >= 0.3 is 0 Å². The number of anilines is 1. The van der Waals surface area contributed by atoms with Crippen LogP contribution in [0.3, 0.4) is 0 Å². The zero-order valence-electron chi connectivity index (χ0n) is 9.40. The second kappa shape index (κ2) is 4.67. The van der Waals surface area contributed by atoms with Crippen molar-refractivity contribution in [3.05, 3.63) is 34.1 Å². The molecule has 2 heterocycles. The minimum atomic E-state index is 0.797. The van der Waals surface area contributed by atoms with E-state index in [9.17, 15) is 0 Å². The molecular formula is C13H13ClN2S. The van der Waals surface area contributed by atoms with Gasteiger partial charge in [-0.2, -0.15) is 0 Å². The first-order valence-electron chi connectivity index (χ1n) is 5.77. The van der Waals surface area contributed by atoms with Crippen molar-refractivity contribution in [3.8, 4) is 11.3 Å². The van der Waals surface area contributed by atoms with Crippen LogP contribution in [0, 0.1) is 0 Å². The van der Waals surface area contributed by atoms with Crippen molar-refractivity contribution in [2.24, 2.45) is 0 Å². The van der Waals surface area contributed by atoms with Gasteiger partial charge in [0, 0.05) is 34.7 Å². The van der Waals surface area contributed by atoms with Crippen molar-refractivity contribution in [2.75, 3.05) is 18.0 Å². The molecule has 1 aromatic heterocycles. The lowest BCUT2D eigenvalue weighted by Gasteiger charge is -2.21. The second-order valence-electron chi connectivity index (χ2n) is 4.23. The lowest BCUT2D eigenvalue weighted by molar-refractivity contribution is 0.949. The van der Waals surface area contributed by atoms with Gasteiger partial charge in [-0.3, -0.25) is 0 Å². The summed E-state index contributed by atoms with van der Waals surface area (Å²) < 4.78 is 0. The van der Waals surface area contributed by atoms with Gasteiger partial charge in [-0.25, -0.2) is 4.98 Å². The molecular weight excluding hydrogens is 252 g/mol. The molecule has 1 fully saturated rings. The van der Waals surface area contributed by atoms with Gasteiger partial charge in [-0.05, 0) is 31.0 Å². The van der Waals surface area contributed by atoms with Crippen molar-refractivity contribution in [2.45, 2.75) is 12.8 Å². The Morgan fingerprint density at radius 2 is 2.06 bits per heavy atom. The number of aromatic nitrogens is 1. The first kappa shape index (κ1) is 11.1. The quantitative estimate of drug-likeness (QED) is 0.813. The number of halogens is 1. The third kappa shape index (κ3) is 2.17. The Kier molecular flexibility index (Phi) is 3.04. The molecule has 17 heavy (non-hydrogen) atoms. The van der Waals surface area contributed by atoms with Gasteiger partial charge < -0.3 is 4.90 Å². The van der Waals surface area contributed by atoms with E-state index in [-0.39, 0.29) is 0 Å². The number of nitrogens with zero attached hydrogens (tertiary/aromatic N) is 2. The number of hydrogen-bond acceptors (Lipinski definition) is 3. The largest absolute Gasteiger partial charge is 0.371 e. The van der Waals surface area contributed by atoms with E-state index < -0.39 is 0 Å². The van der Waals surface area contributed by atoms with Gasteiger partial charge in [-0.1, -0.05) is 11.6 Å². The normalized spacial score (nSPS) is 15.5. The maximum absolute atomic E-state index is 6.11. The number of rotatable bonds is 2. The number of benzene rings is 1. The van der Waals surface area contributed by atoms with Crippen LogP contribution in [-0.4, -0.2) is 18.1 Å². The van der Waals surface area contributed by atoms with Gasteiger partial charge in [0.05, 0.1) is 11.2 Å². The van der Waals surface area contributed by atoms with Crippen LogP contribution in [0.1, 0.15) is 12.8 Å². The predicted molar refractivity (Wildman–Crippen MR) is 74.0 cm³/mol. The van der Waals surface area contributed by atoms with Crippen LogP contribution in [0.4, 0.5) is 5.69 Å². The molecule has 1 aromatic carbocycles. The van der Waals surface area contributed by atoms with Crippen LogP contribution in [0.25, 0.3) is 11.3 Å². The third-order valence-electron chi connectivity index (χ3n) is 3.11. The van der Waals surface area contributed by atoms with E-state index in [0.717, 1.165) is 23.8 Å². The SMILES string of the molecule is Clc1ccc(-c2cscn2)c(N2CCCC2)c1. The minimum Gasteiger partial charge on any atom is -0.371 e. The van der Waals surface area contributed by atoms with Gasteiger partial charge in [-0.15, -0.1) is 11.3 Å². The van der Waals surface area contributed by atoms with Gasteiger partial charge in [0.15, 0.2) is 0 Å². The zero-order chi connectivity index (χ0) is 11.7. The summed E-state index contributed by atoms with van der Waals surface area (Å²) in [5, 5.41) is 2.88. The number of hydrogen-bond donors (Lipinski definition) is 0. The Morgan fingerprint density at radius 3 is 2.76 bits per heavy atom. The van der Waals surface area contributed by atoms with Crippen LogP contribution in [0.2, 0.25) is 5.02 Å². The Labute approximate surface area is 110 Å². The highest BCUT2D eigenvalue weighted by Crippen LogP contribution is 2.34. The Hall–Kier alpha value is -1.06. The summed E-state index contributed by atoms with van der Waals surface area (Å²) in [5.41, 5.74) is 5.34. The van der Waals surface area contributed by atoms with Crippen molar-refractivity contribution in [3.63, 3.8) is 0 Å². The van der Waals surface area contributed by atoms with E-state index in [1.165, 1.54) is 24.1 Å². The summed E-state index contributed by atoms with van der Waals surface area (Å²) in [6.45, 7) is 2.24. The average Bonchev–Trinajstić information content (AvgIpc) is 3.02. The molecule has 0 N–H and O–H groups in total. The molecule has 2 nitrogen and oxygen atoms in total. The summed E-state index contributed by atoms with van der Waals surface area (Å²) in [5.74, 6) is 0. The molecule has 0 radical (unpaired) electrons. The van der Waals surface area contributed by atoms with E-state index in [2.05, 4.69) is 27.4 Å². The molecule has 0 atom stereocenters. The van der Waals surface area contributed by atoms with Gasteiger partial charge in [0.25, 0.3) is 0 Å². The molecule has 0 aliphatic carbocycles. The highest BCUT2D eigenvalue weighted by atomic mass is 35.5. The molecule has 2 aromatic rings. The molecule has 88 valence electrons. The fourth-order valence-electron chi connectivity index (χ4n) is 2.29. The van der Waals surface area contributed by atoms with Crippen LogP contribution in [-0.2, 0) is 0 Å². The molecule has 3 rings (SSSR count). The lowest BCUT2D eigenvalue weighted by Crippen LogP contribution is -2.18. The predicted octanol–water partition coefficient (Wildman–Crippen LogP) is 4.06. The van der Waals surface area contributed by atoms with Crippen molar-refractivity contribution < 1.29 is 0 Å². The molecule has 0 saturated carbocycles. The standard InChI is InChI=1S/C13H13ClN2S/c14-10-3-4-11(12-8-17-9-15-12)13(7-10)16-5-1-2-6-16/h3-4,7-9H,1-2,5-6H2. The smallest absolute Gasteiger partial charge is 0.0831 e. The maximum atomic E-state index is 6.11. The topological polar surface area (TPSA) is 16.1 Å². The first-order valence-corrected chi connectivity index (χ1v) is 7.10. The second-order valence-corrected chi connectivity index (χ2v) is 5.38. The Bertz CT molecular complexity index is 504. The molecule has 1 saturated heterocycles. The summed E-state index contributed by atoms with van der Waals surface area (Å²) in [6, 6.07) is 6.07. The molecule has 0 unspecified atom stereocenters. The minimum absolute atomic E-state index is 0.797. The number of thiazole rings is 1. The summed E-state index contributed by atoms with van der Waals surface area (Å²) in [6.07, 6.45) is 2.53. The van der Waals surface area contributed by atoms with Crippen molar-refractivity contribution in [1.29, 1.82) is 0 Å². The Balaban J connectivity index is 2.07. The van der Waals surface area contributed by atoms with Crippen LogP contribution in [0.15, 0.2) is 29.1 Å². The monoisotopic (exact) mass is 264 g/mol. The van der Waals surface area contributed by atoms with Crippen LogP contribution < -0.4 is 4.90 Å². The van der Waals surface area contributed by atoms with Crippen LogP contribution >= 0.6 is 22.9 Å². The summed E-state index contributed by atoms with van der Waals surface area (Å²) in [4.78, 5) is 6.80. The highest BCUT2D eigenvalue weighted by Gasteiger charge is 2.17. The summed E-state index contributed by atoms with van der Waals surface area (Å²) in [7, 11) is 0. The van der Waals surface area contributed by atoms with E-state index in [1.54, 1.807) is 11.3 Å². The molecule has 0 amide bonds. The van der Waals surface area contributed by atoms with E-state index in [4.69, 9.17) is 11.6 Å². The Morgan fingerprint density at radius 1 is 1.24 bits per heavy atom. The molecule has 0 bridgehead atoms. The fourth-order valence-corrected chi connectivity index (χ4v) is 3.00. The van der Waals surface area contributed by atoms with E-state index >= 15 is 0 Å². The molecule has 4 heteroatoms. The zero-order valence-corrected chi connectivity index (χ0v) is 11.0. The first-order chi connectivity index (χ1) is 8.34. The van der Waals surface area contributed by atoms with Gasteiger partial charge in [0.1, 0.15) is 0 Å². The molecule has 0 spiro atoms. The fraction of sp³-hybridized carbons (Fsp3) is 0.308. The van der Waals surface area contributed by atoms with Gasteiger partial charge in [0.2, 0.25) is 0 Å². The highest BCUT2D eigenvalue weighted by molar-refractivity contribution is 7.07. The van der Waals surface area contributed by atoms with E-state index in [0.29, 0.717) is 0 Å². The lowest BCUT2D eigenvalue weighted by atomic mass is 10.1. The third-order valence-corrected chi connectivity index (χ3v) is 3.94. The summed E-state index contributed by atoms with van der Waals surface area (Å²) >= 11 is 7.74.